The molecule has 0 atom stereocenters. The lowest BCUT2D eigenvalue weighted by atomic mass is 9.90. The highest BCUT2D eigenvalue weighted by Crippen LogP contribution is 2.32. The Bertz CT molecular complexity index is 372. The Morgan fingerprint density at radius 1 is 1.29 bits per heavy atom. The molecule has 1 N–H and O–H groups in total. The third-order valence-electron chi connectivity index (χ3n) is 3.13. The quantitative estimate of drug-likeness (QED) is 0.889. The summed E-state index contributed by atoms with van der Waals surface area (Å²) in [5.74, 6) is 1.43. The summed E-state index contributed by atoms with van der Waals surface area (Å²) >= 11 is 6.25. The highest BCUT2D eigenvalue weighted by molar-refractivity contribution is 6.32. The van der Waals surface area contributed by atoms with Crippen LogP contribution in [0.5, 0.6) is 5.75 Å². The molecular formula is C14H20ClNO. The molecule has 2 rings (SSSR count). The summed E-state index contributed by atoms with van der Waals surface area (Å²) in [6.07, 6.45) is 2.55. The van der Waals surface area contributed by atoms with Crippen LogP contribution in [0.25, 0.3) is 0 Å². The van der Waals surface area contributed by atoms with Crippen LogP contribution < -0.4 is 10.1 Å². The molecule has 0 radical (unpaired) electrons. The van der Waals surface area contributed by atoms with E-state index in [2.05, 4.69) is 17.4 Å². The van der Waals surface area contributed by atoms with Crippen LogP contribution in [0.2, 0.25) is 5.02 Å². The first-order valence-corrected chi connectivity index (χ1v) is 6.71. The largest absolute Gasteiger partial charge is 0.489 e. The lowest BCUT2D eigenvalue weighted by Crippen LogP contribution is -2.26. The minimum Gasteiger partial charge on any atom is -0.489 e. The molecule has 0 aliphatic carbocycles. The molecule has 0 spiro atoms. The monoisotopic (exact) mass is 253 g/mol. The fraction of sp³-hybridized carbons (Fsp3) is 0.571. The second-order valence-corrected chi connectivity index (χ2v) is 5.29. The third-order valence-corrected chi connectivity index (χ3v) is 3.42. The average molecular weight is 254 g/mol. The Labute approximate surface area is 108 Å². The molecule has 1 aliphatic heterocycles. The van der Waals surface area contributed by atoms with Gasteiger partial charge in [-0.15, -0.1) is 0 Å². The number of hydrogen-bond acceptors (Lipinski definition) is 2. The van der Waals surface area contributed by atoms with E-state index in [4.69, 9.17) is 16.3 Å². The molecule has 1 aromatic rings. The van der Waals surface area contributed by atoms with Crippen LogP contribution in [-0.4, -0.2) is 19.2 Å². The Balaban J connectivity index is 2.12. The van der Waals surface area contributed by atoms with Gasteiger partial charge in [0.1, 0.15) is 5.75 Å². The van der Waals surface area contributed by atoms with Crippen molar-refractivity contribution in [2.45, 2.75) is 38.7 Å². The molecule has 1 saturated heterocycles. The van der Waals surface area contributed by atoms with Crippen molar-refractivity contribution >= 4 is 11.6 Å². The fourth-order valence-corrected chi connectivity index (χ4v) is 2.51. The summed E-state index contributed by atoms with van der Waals surface area (Å²) in [5.41, 5.74) is 1.34. The first-order chi connectivity index (χ1) is 8.16. The van der Waals surface area contributed by atoms with E-state index in [1.165, 1.54) is 18.4 Å². The fourth-order valence-electron chi connectivity index (χ4n) is 2.28. The van der Waals surface area contributed by atoms with Gasteiger partial charge >= 0.3 is 0 Å². The summed E-state index contributed by atoms with van der Waals surface area (Å²) in [6.45, 7) is 6.23. The van der Waals surface area contributed by atoms with Crippen molar-refractivity contribution in [2.24, 2.45) is 0 Å². The maximum absolute atomic E-state index is 6.25. The molecule has 1 aliphatic rings. The van der Waals surface area contributed by atoms with Gasteiger partial charge in [-0.25, -0.2) is 0 Å². The van der Waals surface area contributed by atoms with Crippen molar-refractivity contribution in [3.63, 3.8) is 0 Å². The molecule has 0 unspecified atom stereocenters. The van der Waals surface area contributed by atoms with E-state index in [0.717, 1.165) is 23.9 Å². The zero-order valence-electron chi connectivity index (χ0n) is 10.5. The molecule has 1 fully saturated rings. The van der Waals surface area contributed by atoms with Gasteiger partial charge in [-0.05, 0) is 63.4 Å². The molecule has 0 aromatic heterocycles. The Kier molecular flexibility index (Phi) is 4.30. The summed E-state index contributed by atoms with van der Waals surface area (Å²) in [4.78, 5) is 0. The van der Waals surface area contributed by atoms with Crippen LogP contribution in [0, 0.1) is 0 Å². The van der Waals surface area contributed by atoms with Crippen molar-refractivity contribution < 1.29 is 4.74 Å². The highest BCUT2D eigenvalue weighted by Gasteiger charge is 2.16. The van der Waals surface area contributed by atoms with Crippen molar-refractivity contribution in [3.8, 4) is 5.75 Å². The smallest absolute Gasteiger partial charge is 0.138 e. The van der Waals surface area contributed by atoms with E-state index in [1.807, 2.05) is 19.9 Å². The number of benzene rings is 1. The Hall–Kier alpha value is -0.730. The SMILES string of the molecule is CC(C)Oc1ccc(C2CCNCC2)cc1Cl. The zero-order valence-corrected chi connectivity index (χ0v) is 11.3. The molecule has 2 nitrogen and oxygen atoms in total. The van der Waals surface area contributed by atoms with Crippen LogP contribution in [0.4, 0.5) is 0 Å². The van der Waals surface area contributed by atoms with E-state index in [9.17, 15) is 0 Å². The van der Waals surface area contributed by atoms with E-state index in [-0.39, 0.29) is 6.10 Å². The van der Waals surface area contributed by atoms with Crippen molar-refractivity contribution in [2.75, 3.05) is 13.1 Å². The topological polar surface area (TPSA) is 21.3 Å². The van der Waals surface area contributed by atoms with Crippen LogP contribution in [0.15, 0.2) is 18.2 Å². The number of ether oxygens (including phenoxy) is 1. The lowest BCUT2D eigenvalue weighted by molar-refractivity contribution is 0.242. The van der Waals surface area contributed by atoms with Gasteiger partial charge in [0.15, 0.2) is 0 Å². The molecule has 0 bridgehead atoms. The molecule has 17 heavy (non-hydrogen) atoms. The van der Waals surface area contributed by atoms with Crippen LogP contribution in [0.1, 0.15) is 38.2 Å². The summed E-state index contributed by atoms with van der Waals surface area (Å²) in [5, 5.41) is 4.11. The van der Waals surface area contributed by atoms with Crippen molar-refractivity contribution in [1.29, 1.82) is 0 Å². The minimum absolute atomic E-state index is 0.164. The molecule has 1 heterocycles. The van der Waals surface area contributed by atoms with E-state index < -0.39 is 0 Å². The van der Waals surface area contributed by atoms with Gasteiger partial charge in [-0.1, -0.05) is 17.7 Å². The standard InChI is InChI=1S/C14H20ClNO/c1-10(2)17-14-4-3-12(9-13(14)15)11-5-7-16-8-6-11/h3-4,9-11,16H,5-8H2,1-2H3. The summed E-state index contributed by atoms with van der Waals surface area (Å²) in [6, 6.07) is 6.22. The molecule has 94 valence electrons. The van der Waals surface area contributed by atoms with Gasteiger partial charge in [0.05, 0.1) is 11.1 Å². The van der Waals surface area contributed by atoms with Crippen LogP contribution >= 0.6 is 11.6 Å². The maximum atomic E-state index is 6.25. The normalized spacial score (nSPS) is 17.4. The summed E-state index contributed by atoms with van der Waals surface area (Å²) < 4.78 is 5.64. The van der Waals surface area contributed by atoms with Crippen LogP contribution in [0.3, 0.4) is 0 Å². The van der Waals surface area contributed by atoms with Gasteiger partial charge < -0.3 is 10.1 Å². The van der Waals surface area contributed by atoms with Gasteiger partial charge in [-0.2, -0.15) is 0 Å². The molecule has 0 amide bonds. The molecule has 0 saturated carbocycles. The van der Waals surface area contributed by atoms with E-state index in [0.29, 0.717) is 5.92 Å². The number of hydrogen-bond donors (Lipinski definition) is 1. The highest BCUT2D eigenvalue weighted by atomic mass is 35.5. The predicted octanol–water partition coefficient (Wildman–Crippen LogP) is 3.59. The van der Waals surface area contributed by atoms with Gasteiger partial charge in [0.2, 0.25) is 0 Å². The van der Waals surface area contributed by atoms with Crippen molar-refractivity contribution in [3.05, 3.63) is 28.8 Å². The summed E-state index contributed by atoms with van der Waals surface area (Å²) in [7, 11) is 0. The second-order valence-electron chi connectivity index (χ2n) is 4.88. The minimum atomic E-state index is 0.164. The number of rotatable bonds is 3. The molecule has 3 heteroatoms. The number of nitrogens with one attached hydrogen (secondary N) is 1. The Morgan fingerprint density at radius 3 is 2.59 bits per heavy atom. The van der Waals surface area contributed by atoms with Crippen molar-refractivity contribution in [1.82, 2.24) is 5.32 Å². The van der Waals surface area contributed by atoms with Gasteiger partial charge in [0, 0.05) is 0 Å². The molecule has 1 aromatic carbocycles. The first kappa shape index (κ1) is 12.7. The maximum Gasteiger partial charge on any atom is 0.138 e. The predicted molar refractivity (Wildman–Crippen MR) is 72.1 cm³/mol. The average Bonchev–Trinajstić information content (AvgIpc) is 2.32. The van der Waals surface area contributed by atoms with E-state index >= 15 is 0 Å². The number of piperidine rings is 1. The molecular weight excluding hydrogens is 234 g/mol. The van der Waals surface area contributed by atoms with Gasteiger partial charge in [0.25, 0.3) is 0 Å². The third kappa shape index (κ3) is 3.36. The lowest BCUT2D eigenvalue weighted by Gasteiger charge is -2.23. The van der Waals surface area contributed by atoms with Gasteiger partial charge in [-0.3, -0.25) is 0 Å². The zero-order chi connectivity index (χ0) is 12.3. The van der Waals surface area contributed by atoms with Crippen LogP contribution in [-0.2, 0) is 0 Å². The first-order valence-electron chi connectivity index (χ1n) is 6.33. The van der Waals surface area contributed by atoms with E-state index in [1.54, 1.807) is 0 Å². The second kappa shape index (κ2) is 5.74. The number of halogens is 1. The Morgan fingerprint density at radius 2 is 2.00 bits per heavy atom.